The summed E-state index contributed by atoms with van der Waals surface area (Å²) in [5.41, 5.74) is 0.380. The van der Waals surface area contributed by atoms with Crippen molar-refractivity contribution in [1.29, 1.82) is 5.26 Å². The van der Waals surface area contributed by atoms with Crippen molar-refractivity contribution in [3.05, 3.63) is 11.8 Å². The van der Waals surface area contributed by atoms with Crippen molar-refractivity contribution in [1.82, 2.24) is 0 Å². The molecule has 0 unspecified atom stereocenters. The van der Waals surface area contributed by atoms with Crippen LogP contribution in [0, 0.1) is 11.3 Å². The second-order valence-electron chi connectivity index (χ2n) is 1.52. The van der Waals surface area contributed by atoms with Gasteiger partial charge < -0.3 is 4.74 Å². The van der Waals surface area contributed by atoms with Crippen LogP contribution in [0.25, 0.3) is 0 Å². The second-order valence-corrected chi connectivity index (χ2v) is 1.52. The number of hydrogen-bond donors (Lipinski definition) is 0. The van der Waals surface area contributed by atoms with Crippen molar-refractivity contribution < 1.29 is 9.53 Å². The van der Waals surface area contributed by atoms with Crippen LogP contribution in [0.4, 0.5) is 0 Å². The van der Waals surface area contributed by atoms with Gasteiger partial charge in [0.1, 0.15) is 6.26 Å². The van der Waals surface area contributed by atoms with E-state index in [1.54, 1.807) is 13.0 Å². The first-order valence-electron chi connectivity index (χ1n) is 2.41. The highest BCUT2D eigenvalue weighted by atomic mass is 16.5. The molecule has 0 aromatic carbocycles. The molecular formula is C6H7NO2. The lowest BCUT2D eigenvalue weighted by Crippen LogP contribution is -1.90. The van der Waals surface area contributed by atoms with Crippen LogP contribution in [0.1, 0.15) is 13.8 Å². The predicted octanol–water partition coefficient (Wildman–Crippen LogP) is 0.977. The molecule has 0 N–H and O–H groups in total. The highest BCUT2D eigenvalue weighted by molar-refractivity contribution is 5.66. The molecular weight excluding hydrogens is 118 g/mol. The highest BCUT2D eigenvalue weighted by Crippen LogP contribution is 1.88. The molecule has 0 saturated heterocycles. The van der Waals surface area contributed by atoms with E-state index in [1.165, 1.54) is 6.92 Å². The fourth-order valence-electron chi connectivity index (χ4n) is 0.198. The number of carbonyl (C=O) groups is 1. The highest BCUT2D eigenvalue weighted by Gasteiger charge is 1.87. The van der Waals surface area contributed by atoms with Crippen molar-refractivity contribution in [3.63, 3.8) is 0 Å². The Hall–Kier alpha value is -1.30. The summed E-state index contributed by atoms with van der Waals surface area (Å²) in [6, 6.07) is 1.80. The zero-order valence-electron chi connectivity index (χ0n) is 5.34. The lowest BCUT2D eigenvalue weighted by atomic mass is 10.4. The SMILES string of the molecule is CC(=O)O/C=C(/C)C#N. The van der Waals surface area contributed by atoms with Crippen LogP contribution in [0.3, 0.4) is 0 Å². The summed E-state index contributed by atoms with van der Waals surface area (Å²) in [4.78, 5) is 10.1. The van der Waals surface area contributed by atoms with E-state index in [4.69, 9.17) is 5.26 Å². The number of nitriles is 1. The molecule has 0 amide bonds. The average molecular weight is 125 g/mol. The standard InChI is InChI=1S/C6H7NO2/c1-5(3-7)4-9-6(2)8/h4H,1-2H3/b5-4-. The van der Waals surface area contributed by atoms with Gasteiger partial charge in [-0.3, -0.25) is 4.79 Å². The lowest BCUT2D eigenvalue weighted by molar-refractivity contribution is -0.135. The Labute approximate surface area is 53.5 Å². The van der Waals surface area contributed by atoms with E-state index in [9.17, 15) is 4.79 Å². The molecule has 0 rings (SSSR count). The zero-order valence-corrected chi connectivity index (χ0v) is 5.34. The first-order valence-corrected chi connectivity index (χ1v) is 2.41. The average Bonchev–Trinajstić information content (AvgIpc) is 1.83. The van der Waals surface area contributed by atoms with Gasteiger partial charge in [-0.1, -0.05) is 0 Å². The molecule has 0 saturated carbocycles. The summed E-state index contributed by atoms with van der Waals surface area (Å²) in [5.74, 6) is -0.412. The summed E-state index contributed by atoms with van der Waals surface area (Å²) in [6.45, 7) is 2.84. The molecule has 0 radical (unpaired) electrons. The maximum atomic E-state index is 10.1. The minimum Gasteiger partial charge on any atom is -0.434 e. The fraction of sp³-hybridized carbons (Fsp3) is 0.333. The maximum absolute atomic E-state index is 10.1. The molecule has 0 spiro atoms. The van der Waals surface area contributed by atoms with Crippen LogP contribution < -0.4 is 0 Å². The van der Waals surface area contributed by atoms with Gasteiger partial charge >= 0.3 is 5.97 Å². The van der Waals surface area contributed by atoms with Crippen molar-refractivity contribution in [2.75, 3.05) is 0 Å². The van der Waals surface area contributed by atoms with Gasteiger partial charge in [0.15, 0.2) is 0 Å². The second kappa shape index (κ2) is 3.67. The summed E-state index contributed by atoms with van der Waals surface area (Å²) in [5, 5.41) is 8.14. The third-order valence-corrected chi connectivity index (χ3v) is 0.578. The number of carbonyl (C=O) groups excluding carboxylic acids is 1. The van der Waals surface area contributed by atoms with E-state index in [0.29, 0.717) is 5.57 Å². The summed E-state index contributed by atoms with van der Waals surface area (Å²) in [7, 11) is 0. The first-order chi connectivity index (χ1) is 4.16. The monoisotopic (exact) mass is 125 g/mol. The summed E-state index contributed by atoms with van der Waals surface area (Å²) < 4.78 is 4.37. The topological polar surface area (TPSA) is 50.1 Å². The third-order valence-electron chi connectivity index (χ3n) is 0.578. The van der Waals surface area contributed by atoms with Gasteiger partial charge in [0.25, 0.3) is 0 Å². The van der Waals surface area contributed by atoms with Crippen LogP contribution in [0.2, 0.25) is 0 Å². The zero-order chi connectivity index (χ0) is 7.28. The number of nitrogens with zero attached hydrogens (tertiary/aromatic N) is 1. The van der Waals surface area contributed by atoms with Gasteiger partial charge in [0.2, 0.25) is 0 Å². The molecule has 9 heavy (non-hydrogen) atoms. The van der Waals surface area contributed by atoms with Crippen LogP contribution in [0.5, 0.6) is 0 Å². The van der Waals surface area contributed by atoms with Crippen molar-refractivity contribution in [3.8, 4) is 6.07 Å². The fourth-order valence-corrected chi connectivity index (χ4v) is 0.198. The van der Waals surface area contributed by atoms with Crippen molar-refractivity contribution in [2.24, 2.45) is 0 Å². The molecule has 0 heterocycles. The Bertz CT molecular complexity index is 176. The Morgan fingerprint density at radius 2 is 2.22 bits per heavy atom. The van der Waals surface area contributed by atoms with Crippen LogP contribution in [0.15, 0.2) is 11.8 Å². The molecule has 0 fully saturated rings. The molecule has 0 aliphatic heterocycles. The van der Waals surface area contributed by atoms with Crippen molar-refractivity contribution >= 4 is 5.97 Å². The van der Waals surface area contributed by atoms with E-state index >= 15 is 0 Å². The maximum Gasteiger partial charge on any atom is 0.307 e. The van der Waals surface area contributed by atoms with E-state index in [-0.39, 0.29) is 0 Å². The normalized spacial score (nSPS) is 10.1. The lowest BCUT2D eigenvalue weighted by Gasteiger charge is -1.88. The van der Waals surface area contributed by atoms with Gasteiger partial charge in [0.05, 0.1) is 11.6 Å². The minimum absolute atomic E-state index is 0.380. The molecule has 0 aliphatic carbocycles. The Morgan fingerprint density at radius 1 is 1.67 bits per heavy atom. The quantitative estimate of drug-likeness (QED) is 0.298. The smallest absolute Gasteiger partial charge is 0.307 e. The first kappa shape index (κ1) is 7.70. The number of esters is 1. The van der Waals surface area contributed by atoms with Gasteiger partial charge in [-0.25, -0.2) is 0 Å². The van der Waals surface area contributed by atoms with Crippen LogP contribution >= 0.6 is 0 Å². The predicted molar refractivity (Wildman–Crippen MR) is 31.1 cm³/mol. The number of rotatable bonds is 1. The van der Waals surface area contributed by atoms with E-state index in [2.05, 4.69) is 4.74 Å². The molecule has 0 aromatic heterocycles. The van der Waals surface area contributed by atoms with Gasteiger partial charge in [-0.05, 0) is 6.92 Å². The van der Waals surface area contributed by atoms with E-state index in [1.807, 2.05) is 0 Å². The van der Waals surface area contributed by atoms with Crippen LogP contribution in [-0.4, -0.2) is 5.97 Å². The number of hydrogen-bond acceptors (Lipinski definition) is 3. The molecule has 0 bridgehead atoms. The Balaban J connectivity index is 3.74. The summed E-state index contributed by atoms with van der Waals surface area (Å²) >= 11 is 0. The van der Waals surface area contributed by atoms with Crippen LogP contribution in [-0.2, 0) is 9.53 Å². The van der Waals surface area contributed by atoms with Crippen molar-refractivity contribution in [2.45, 2.75) is 13.8 Å². The number of ether oxygens (including phenoxy) is 1. The molecule has 48 valence electrons. The number of allylic oxidation sites excluding steroid dienone is 1. The Morgan fingerprint density at radius 3 is 2.56 bits per heavy atom. The van der Waals surface area contributed by atoms with E-state index in [0.717, 1.165) is 6.26 Å². The Kier molecular flexibility index (Phi) is 3.14. The molecule has 0 atom stereocenters. The van der Waals surface area contributed by atoms with Gasteiger partial charge in [-0.15, -0.1) is 0 Å². The molecule has 3 nitrogen and oxygen atoms in total. The minimum atomic E-state index is -0.412. The van der Waals surface area contributed by atoms with E-state index < -0.39 is 5.97 Å². The molecule has 0 aromatic rings. The summed E-state index contributed by atoms with van der Waals surface area (Å²) in [6.07, 6.45) is 1.13. The third kappa shape index (κ3) is 4.56. The molecule has 3 heteroatoms. The largest absolute Gasteiger partial charge is 0.434 e. The van der Waals surface area contributed by atoms with Gasteiger partial charge in [-0.2, -0.15) is 5.26 Å². The molecule has 0 aliphatic rings. The van der Waals surface area contributed by atoms with Gasteiger partial charge in [0, 0.05) is 6.92 Å².